The van der Waals surface area contributed by atoms with Gasteiger partial charge in [-0.3, -0.25) is 9.36 Å². The molecule has 0 saturated heterocycles. The number of amides is 1. The number of nitrogens with zero attached hydrogens (tertiary/aromatic N) is 2. The molecule has 4 heteroatoms. The molecule has 116 valence electrons. The van der Waals surface area contributed by atoms with Crippen molar-refractivity contribution >= 4 is 22.6 Å². The highest BCUT2D eigenvalue weighted by molar-refractivity contribution is 6.00. The molecule has 1 amide bonds. The monoisotopic (exact) mass is 297 g/mol. The number of nitrogens with one attached hydrogen (secondary N) is 1. The number of benzene rings is 1. The summed E-state index contributed by atoms with van der Waals surface area (Å²) in [6, 6.07) is 8.10. The molecule has 0 aliphatic carbocycles. The standard InChI is InChI=1S/C18H23N3O/c1-11-10-13(17(22)20-18(3,4)5)12(2)21-15-9-7-6-8-14(15)19-16(11)21/h6-9,11H,10H2,1-5H3,(H,20,22). The molecule has 0 spiro atoms. The van der Waals surface area contributed by atoms with Crippen LogP contribution in [0, 0.1) is 0 Å². The molecule has 0 fully saturated rings. The lowest BCUT2D eigenvalue weighted by atomic mass is 9.94. The van der Waals surface area contributed by atoms with E-state index in [-0.39, 0.29) is 17.4 Å². The molecule has 1 aromatic carbocycles. The van der Waals surface area contributed by atoms with Crippen LogP contribution in [0.5, 0.6) is 0 Å². The van der Waals surface area contributed by atoms with Gasteiger partial charge in [-0.15, -0.1) is 0 Å². The van der Waals surface area contributed by atoms with Gasteiger partial charge in [0.1, 0.15) is 5.82 Å². The first-order valence-corrected chi connectivity index (χ1v) is 7.78. The quantitative estimate of drug-likeness (QED) is 0.872. The number of para-hydroxylation sites is 2. The van der Waals surface area contributed by atoms with Crippen molar-refractivity contribution in [2.24, 2.45) is 0 Å². The Kier molecular flexibility index (Phi) is 3.35. The molecule has 0 bridgehead atoms. The number of hydrogen-bond donors (Lipinski definition) is 1. The van der Waals surface area contributed by atoms with Crippen LogP contribution in [0.2, 0.25) is 0 Å². The zero-order valence-corrected chi connectivity index (χ0v) is 13.9. The van der Waals surface area contributed by atoms with Gasteiger partial charge in [0.05, 0.1) is 11.0 Å². The van der Waals surface area contributed by atoms with Gasteiger partial charge < -0.3 is 5.32 Å². The van der Waals surface area contributed by atoms with E-state index in [2.05, 4.69) is 22.9 Å². The van der Waals surface area contributed by atoms with E-state index >= 15 is 0 Å². The smallest absolute Gasteiger partial charge is 0.249 e. The molecule has 3 rings (SSSR count). The number of hydrogen-bond acceptors (Lipinski definition) is 2. The number of carbonyl (C=O) groups is 1. The molecule has 1 atom stereocenters. The first-order chi connectivity index (χ1) is 10.3. The Bertz CT molecular complexity index is 777. The van der Waals surface area contributed by atoms with Gasteiger partial charge in [0, 0.05) is 22.7 Å². The predicted molar refractivity (Wildman–Crippen MR) is 89.6 cm³/mol. The number of rotatable bonds is 1. The van der Waals surface area contributed by atoms with Crippen LogP contribution in [0.25, 0.3) is 16.7 Å². The van der Waals surface area contributed by atoms with Gasteiger partial charge in [0.2, 0.25) is 5.91 Å². The fourth-order valence-electron chi connectivity index (χ4n) is 3.08. The number of carbonyl (C=O) groups excluding carboxylic acids is 1. The van der Waals surface area contributed by atoms with E-state index in [9.17, 15) is 4.79 Å². The molecule has 1 aliphatic heterocycles. The minimum Gasteiger partial charge on any atom is -0.348 e. The van der Waals surface area contributed by atoms with Gasteiger partial charge in [-0.25, -0.2) is 4.98 Å². The Hall–Kier alpha value is -2.10. The van der Waals surface area contributed by atoms with Gasteiger partial charge in [-0.2, -0.15) is 0 Å². The number of fused-ring (bicyclic) bond motifs is 3. The fraction of sp³-hybridized carbons (Fsp3) is 0.444. The molecule has 1 N–H and O–H groups in total. The first kappa shape index (κ1) is 14.8. The first-order valence-electron chi connectivity index (χ1n) is 7.78. The Labute approximate surface area is 131 Å². The Morgan fingerprint density at radius 2 is 2.00 bits per heavy atom. The van der Waals surface area contributed by atoms with Gasteiger partial charge in [0.15, 0.2) is 0 Å². The summed E-state index contributed by atoms with van der Waals surface area (Å²) >= 11 is 0. The van der Waals surface area contributed by atoms with Crippen molar-refractivity contribution in [3.63, 3.8) is 0 Å². The minimum absolute atomic E-state index is 0.0280. The average molecular weight is 297 g/mol. The zero-order chi connectivity index (χ0) is 16.1. The summed E-state index contributed by atoms with van der Waals surface area (Å²) in [6.07, 6.45) is 0.733. The van der Waals surface area contributed by atoms with Crippen LogP contribution in [0.15, 0.2) is 29.8 Å². The topological polar surface area (TPSA) is 46.9 Å². The van der Waals surface area contributed by atoms with Crippen LogP contribution in [-0.4, -0.2) is 21.0 Å². The molecule has 2 heterocycles. The van der Waals surface area contributed by atoms with E-state index in [1.54, 1.807) is 0 Å². The summed E-state index contributed by atoms with van der Waals surface area (Å²) in [5.41, 5.74) is 3.68. The minimum atomic E-state index is -0.231. The van der Waals surface area contributed by atoms with E-state index < -0.39 is 0 Å². The Morgan fingerprint density at radius 3 is 2.68 bits per heavy atom. The van der Waals surface area contributed by atoms with E-state index in [1.807, 2.05) is 45.9 Å². The molecule has 0 saturated carbocycles. The van der Waals surface area contributed by atoms with E-state index in [4.69, 9.17) is 4.98 Å². The van der Waals surface area contributed by atoms with Crippen molar-refractivity contribution in [1.29, 1.82) is 0 Å². The van der Waals surface area contributed by atoms with Gasteiger partial charge >= 0.3 is 0 Å². The Balaban J connectivity index is 2.14. The van der Waals surface area contributed by atoms with Crippen molar-refractivity contribution in [3.05, 3.63) is 35.7 Å². The van der Waals surface area contributed by atoms with Gasteiger partial charge in [0.25, 0.3) is 0 Å². The second-order valence-electron chi connectivity index (χ2n) is 7.17. The summed E-state index contributed by atoms with van der Waals surface area (Å²) in [4.78, 5) is 17.4. The molecule has 1 aromatic heterocycles. The van der Waals surface area contributed by atoms with Crippen LogP contribution in [-0.2, 0) is 4.79 Å². The lowest BCUT2D eigenvalue weighted by Crippen LogP contribution is -2.42. The average Bonchev–Trinajstić information content (AvgIpc) is 2.81. The van der Waals surface area contributed by atoms with E-state index in [0.717, 1.165) is 34.5 Å². The highest BCUT2D eigenvalue weighted by atomic mass is 16.1. The van der Waals surface area contributed by atoms with Crippen molar-refractivity contribution < 1.29 is 4.79 Å². The van der Waals surface area contributed by atoms with Crippen LogP contribution in [0.1, 0.15) is 52.8 Å². The van der Waals surface area contributed by atoms with Gasteiger partial charge in [-0.05, 0) is 46.2 Å². The van der Waals surface area contributed by atoms with Crippen LogP contribution >= 0.6 is 0 Å². The fourth-order valence-corrected chi connectivity index (χ4v) is 3.08. The third-order valence-electron chi connectivity index (χ3n) is 4.07. The second-order valence-corrected chi connectivity index (χ2v) is 7.17. The van der Waals surface area contributed by atoms with Crippen LogP contribution < -0.4 is 5.32 Å². The maximum Gasteiger partial charge on any atom is 0.249 e. The largest absolute Gasteiger partial charge is 0.348 e. The summed E-state index contributed by atoms with van der Waals surface area (Å²) in [6.45, 7) is 10.2. The highest BCUT2D eigenvalue weighted by Crippen LogP contribution is 2.36. The number of allylic oxidation sites excluding steroid dienone is 1. The molecule has 1 aliphatic rings. The van der Waals surface area contributed by atoms with Crippen molar-refractivity contribution in [2.75, 3.05) is 0 Å². The van der Waals surface area contributed by atoms with Gasteiger partial charge in [-0.1, -0.05) is 19.1 Å². The third kappa shape index (κ3) is 2.43. The SMILES string of the molecule is CC1=C(C(=O)NC(C)(C)C)CC(C)c2nc3ccccc3n21. The normalized spacial score (nSPS) is 18.5. The zero-order valence-electron chi connectivity index (χ0n) is 13.9. The van der Waals surface area contributed by atoms with Crippen molar-refractivity contribution in [3.8, 4) is 0 Å². The molecule has 1 unspecified atom stereocenters. The summed E-state index contributed by atoms with van der Waals surface area (Å²) < 4.78 is 2.14. The number of aromatic nitrogens is 2. The molecule has 22 heavy (non-hydrogen) atoms. The molecule has 4 nitrogen and oxygen atoms in total. The highest BCUT2D eigenvalue weighted by Gasteiger charge is 2.29. The number of imidazole rings is 1. The molecular formula is C18H23N3O. The Morgan fingerprint density at radius 1 is 1.32 bits per heavy atom. The molecular weight excluding hydrogens is 274 g/mol. The van der Waals surface area contributed by atoms with Crippen molar-refractivity contribution in [2.45, 2.75) is 52.5 Å². The second kappa shape index (κ2) is 4.97. The van der Waals surface area contributed by atoms with Crippen LogP contribution in [0.3, 0.4) is 0 Å². The third-order valence-corrected chi connectivity index (χ3v) is 4.07. The molecule has 0 radical (unpaired) electrons. The maximum absolute atomic E-state index is 12.6. The van der Waals surface area contributed by atoms with Crippen molar-refractivity contribution in [1.82, 2.24) is 14.9 Å². The van der Waals surface area contributed by atoms with E-state index in [0.29, 0.717) is 0 Å². The van der Waals surface area contributed by atoms with E-state index in [1.165, 1.54) is 0 Å². The summed E-state index contributed by atoms with van der Waals surface area (Å²) in [5, 5.41) is 3.08. The van der Waals surface area contributed by atoms with Crippen LogP contribution in [0.4, 0.5) is 0 Å². The predicted octanol–water partition coefficient (Wildman–Crippen LogP) is 3.69. The maximum atomic E-state index is 12.6. The lowest BCUT2D eigenvalue weighted by Gasteiger charge is -2.28. The summed E-state index contributed by atoms with van der Waals surface area (Å²) in [5.74, 6) is 1.31. The lowest BCUT2D eigenvalue weighted by molar-refractivity contribution is -0.119. The summed E-state index contributed by atoms with van der Waals surface area (Å²) in [7, 11) is 0. The molecule has 2 aromatic rings.